The number of hydroxylamine groups is 2. The van der Waals surface area contributed by atoms with E-state index in [1.807, 2.05) is 30.3 Å². The Morgan fingerprint density at radius 1 is 1.00 bits per heavy atom. The number of ether oxygens (including phenoxy) is 1. The maximum atomic E-state index is 5.26. The first-order chi connectivity index (χ1) is 6.83. The molecule has 0 aliphatic carbocycles. The molecule has 0 aliphatic rings. The van der Waals surface area contributed by atoms with Crippen LogP contribution < -0.4 is 0 Å². The van der Waals surface area contributed by atoms with Gasteiger partial charge in [0.05, 0.1) is 14.2 Å². The second-order valence-corrected chi connectivity index (χ2v) is 2.65. The third-order valence-electron chi connectivity index (χ3n) is 1.86. The molecule has 0 heterocycles. The quantitative estimate of drug-likeness (QED) is 0.531. The van der Waals surface area contributed by atoms with Crippen molar-refractivity contribution in [3.8, 4) is 0 Å². The second-order valence-electron chi connectivity index (χ2n) is 2.65. The molecule has 0 amide bonds. The zero-order chi connectivity index (χ0) is 10.4. The van der Waals surface area contributed by atoms with Crippen molar-refractivity contribution in [3.05, 3.63) is 35.9 Å². The molecule has 0 bridgehead atoms. The van der Waals surface area contributed by atoms with E-state index in [0.717, 1.165) is 5.56 Å². The van der Waals surface area contributed by atoms with Crippen molar-refractivity contribution in [2.24, 2.45) is 0 Å². The maximum absolute atomic E-state index is 5.26. The highest BCUT2D eigenvalue weighted by Crippen LogP contribution is 2.20. The topological polar surface area (TPSA) is 30.9 Å². The highest BCUT2D eigenvalue weighted by atomic mass is 17.0. The molecule has 0 saturated carbocycles. The Kier molecular flexibility index (Phi) is 4.55. The predicted molar refractivity (Wildman–Crippen MR) is 52.0 cm³/mol. The van der Waals surface area contributed by atoms with Gasteiger partial charge in [0.25, 0.3) is 0 Å². The molecular weight excluding hydrogens is 182 g/mol. The van der Waals surface area contributed by atoms with Gasteiger partial charge in [0.2, 0.25) is 0 Å². The predicted octanol–water partition coefficient (Wildman–Crippen LogP) is 1.76. The van der Waals surface area contributed by atoms with Gasteiger partial charge in [-0.05, 0) is 5.23 Å². The summed E-state index contributed by atoms with van der Waals surface area (Å²) >= 11 is 0. The molecular formula is C10H15NO3. The first kappa shape index (κ1) is 11.1. The van der Waals surface area contributed by atoms with E-state index in [4.69, 9.17) is 14.4 Å². The van der Waals surface area contributed by atoms with E-state index in [1.54, 1.807) is 7.11 Å². The van der Waals surface area contributed by atoms with Gasteiger partial charge in [0.1, 0.15) is 0 Å². The van der Waals surface area contributed by atoms with E-state index in [0.29, 0.717) is 0 Å². The lowest BCUT2D eigenvalue weighted by atomic mass is 10.2. The molecule has 0 fully saturated rings. The van der Waals surface area contributed by atoms with Crippen molar-refractivity contribution in [3.63, 3.8) is 0 Å². The number of hydrogen-bond donors (Lipinski definition) is 0. The van der Waals surface area contributed by atoms with Crippen LogP contribution in [-0.2, 0) is 14.4 Å². The normalized spacial score (nSPS) is 13.1. The molecule has 1 aromatic rings. The van der Waals surface area contributed by atoms with Gasteiger partial charge in [-0.1, -0.05) is 30.3 Å². The van der Waals surface area contributed by atoms with Crippen molar-refractivity contribution < 1.29 is 14.4 Å². The molecule has 1 rings (SSSR count). The summed E-state index contributed by atoms with van der Waals surface area (Å²) in [4.78, 5) is 9.99. The van der Waals surface area contributed by atoms with Crippen LogP contribution in [0.3, 0.4) is 0 Å². The Labute approximate surface area is 83.9 Å². The van der Waals surface area contributed by atoms with E-state index in [2.05, 4.69) is 0 Å². The summed E-state index contributed by atoms with van der Waals surface area (Å²) in [6.07, 6.45) is -0.355. The van der Waals surface area contributed by atoms with Gasteiger partial charge in [0, 0.05) is 12.7 Å². The van der Waals surface area contributed by atoms with Gasteiger partial charge in [-0.15, -0.1) is 0 Å². The van der Waals surface area contributed by atoms with Crippen LogP contribution in [-0.4, -0.2) is 26.6 Å². The van der Waals surface area contributed by atoms with Crippen LogP contribution in [0.25, 0.3) is 0 Å². The SMILES string of the molecule is COC(c1ccccc1)N(OC)OC. The Hall–Kier alpha value is -0.940. The van der Waals surface area contributed by atoms with Gasteiger partial charge in [0.15, 0.2) is 6.23 Å². The Morgan fingerprint density at radius 2 is 1.57 bits per heavy atom. The number of methoxy groups -OCH3 is 1. The maximum Gasteiger partial charge on any atom is 0.185 e. The minimum atomic E-state index is -0.355. The molecule has 4 heteroatoms. The van der Waals surface area contributed by atoms with Crippen molar-refractivity contribution in [1.29, 1.82) is 0 Å². The number of benzene rings is 1. The molecule has 1 atom stereocenters. The lowest BCUT2D eigenvalue weighted by Crippen LogP contribution is -2.28. The molecule has 1 aromatic carbocycles. The average Bonchev–Trinajstić information content (AvgIpc) is 2.27. The first-order valence-corrected chi connectivity index (χ1v) is 4.28. The number of hydrogen-bond acceptors (Lipinski definition) is 4. The van der Waals surface area contributed by atoms with Crippen LogP contribution in [0.15, 0.2) is 30.3 Å². The summed E-state index contributed by atoms with van der Waals surface area (Å²) in [6, 6.07) is 9.70. The molecule has 0 saturated heterocycles. The minimum Gasteiger partial charge on any atom is -0.357 e. The lowest BCUT2D eigenvalue weighted by molar-refractivity contribution is -0.404. The molecule has 0 aliphatic heterocycles. The van der Waals surface area contributed by atoms with Crippen LogP contribution in [0.4, 0.5) is 0 Å². The molecule has 0 radical (unpaired) electrons. The largest absolute Gasteiger partial charge is 0.357 e. The monoisotopic (exact) mass is 197 g/mol. The zero-order valence-corrected chi connectivity index (χ0v) is 8.64. The second kappa shape index (κ2) is 5.72. The third kappa shape index (κ3) is 2.52. The summed E-state index contributed by atoms with van der Waals surface area (Å²) in [7, 11) is 4.65. The van der Waals surface area contributed by atoms with E-state index in [1.165, 1.54) is 19.4 Å². The average molecular weight is 197 g/mol. The Morgan fingerprint density at radius 3 is 2.00 bits per heavy atom. The molecule has 0 aromatic heterocycles. The highest BCUT2D eigenvalue weighted by molar-refractivity contribution is 5.16. The number of rotatable bonds is 5. The smallest absolute Gasteiger partial charge is 0.185 e. The van der Waals surface area contributed by atoms with Gasteiger partial charge in [-0.2, -0.15) is 0 Å². The lowest BCUT2D eigenvalue weighted by Gasteiger charge is -2.25. The molecule has 0 N–H and O–H groups in total. The molecule has 14 heavy (non-hydrogen) atoms. The van der Waals surface area contributed by atoms with E-state index < -0.39 is 0 Å². The van der Waals surface area contributed by atoms with Crippen molar-refractivity contribution in [2.75, 3.05) is 21.3 Å². The van der Waals surface area contributed by atoms with Crippen molar-refractivity contribution >= 4 is 0 Å². The van der Waals surface area contributed by atoms with E-state index in [9.17, 15) is 0 Å². The fourth-order valence-corrected chi connectivity index (χ4v) is 1.23. The van der Waals surface area contributed by atoms with Gasteiger partial charge in [-0.3, -0.25) is 9.68 Å². The molecule has 4 nitrogen and oxygen atoms in total. The summed E-state index contributed by atoms with van der Waals surface area (Å²) in [5.74, 6) is 0. The van der Waals surface area contributed by atoms with Gasteiger partial charge >= 0.3 is 0 Å². The standard InChI is InChI=1S/C10H15NO3/c1-12-10(11(13-2)14-3)9-7-5-4-6-8-9/h4-8,10H,1-3H3. The Bertz CT molecular complexity index is 249. The summed E-state index contributed by atoms with van der Waals surface area (Å²) < 4.78 is 5.26. The first-order valence-electron chi connectivity index (χ1n) is 4.28. The third-order valence-corrected chi connectivity index (χ3v) is 1.86. The van der Waals surface area contributed by atoms with Crippen LogP contribution >= 0.6 is 0 Å². The van der Waals surface area contributed by atoms with Crippen molar-refractivity contribution in [2.45, 2.75) is 6.23 Å². The highest BCUT2D eigenvalue weighted by Gasteiger charge is 2.19. The minimum absolute atomic E-state index is 0.355. The molecule has 78 valence electrons. The van der Waals surface area contributed by atoms with E-state index >= 15 is 0 Å². The Balaban J connectivity index is 2.81. The number of nitrogens with zero attached hydrogens (tertiary/aromatic N) is 1. The van der Waals surface area contributed by atoms with Crippen LogP contribution in [0.2, 0.25) is 0 Å². The van der Waals surface area contributed by atoms with Crippen LogP contribution in [0.1, 0.15) is 11.8 Å². The molecule has 1 unspecified atom stereocenters. The van der Waals surface area contributed by atoms with E-state index in [-0.39, 0.29) is 6.23 Å². The summed E-state index contributed by atoms with van der Waals surface area (Å²) in [6.45, 7) is 0. The van der Waals surface area contributed by atoms with Crippen molar-refractivity contribution in [1.82, 2.24) is 5.23 Å². The van der Waals surface area contributed by atoms with Gasteiger partial charge < -0.3 is 4.74 Å². The van der Waals surface area contributed by atoms with Crippen LogP contribution in [0, 0.1) is 0 Å². The summed E-state index contributed by atoms with van der Waals surface area (Å²) in [5.41, 5.74) is 0.971. The molecule has 0 spiro atoms. The van der Waals surface area contributed by atoms with Gasteiger partial charge in [-0.25, -0.2) is 0 Å². The zero-order valence-electron chi connectivity index (χ0n) is 8.64. The summed E-state index contributed by atoms with van der Waals surface area (Å²) in [5, 5.41) is 1.29. The fraction of sp³-hybridized carbons (Fsp3) is 0.400. The fourth-order valence-electron chi connectivity index (χ4n) is 1.23. The van der Waals surface area contributed by atoms with Crippen LogP contribution in [0.5, 0.6) is 0 Å².